The zero-order valence-electron chi connectivity index (χ0n) is 13.3. The monoisotopic (exact) mass is 336 g/mol. The van der Waals surface area contributed by atoms with Crippen molar-refractivity contribution in [3.63, 3.8) is 0 Å². The Hall–Kier alpha value is -2.77. The van der Waals surface area contributed by atoms with Gasteiger partial charge in [-0.2, -0.15) is 0 Å². The van der Waals surface area contributed by atoms with Gasteiger partial charge >= 0.3 is 18.2 Å². The minimum Gasteiger partial charge on any atom is -0.465 e. The number of hydrogen-bond acceptors (Lipinski definition) is 5. The van der Waals surface area contributed by atoms with Crippen LogP contribution in [0.4, 0.5) is 9.59 Å². The van der Waals surface area contributed by atoms with Gasteiger partial charge in [0, 0.05) is 13.0 Å². The van der Waals surface area contributed by atoms with Crippen LogP contribution in [0.3, 0.4) is 0 Å². The third-order valence-electron chi connectivity index (χ3n) is 3.60. The summed E-state index contributed by atoms with van der Waals surface area (Å²) in [5, 5.41) is 11.3. The molecule has 24 heavy (non-hydrogen) atoms. The summed E-state index contributed by atoms with van der Waals surface area (Å²) in [5.74, 6) is -0.621. The van der Waals surface area contributed by atoms with Crippen LogP contribution < -0.4 is 5.32 Å². The van der Waals surface area contributed by atoms with Gasteiger partial charge in [-0.3, -0.25) is 0 Å². The molecule has 1 aliphatic rings. The van der Waals surface area contributed by atoms with Crippen molar-refractivity contribution < 1.29 is 29.0 Å². The van der Waals surface area contributed by atoms with E-state index in [1.165, 1.54) is 11.8 Å². The Labute approximate surface area is 139 Å². The summed E-state index contributed by atoms with van der Waals surface area (Å²) in [4.78, 5) is 35.6. The maximum atomic E-state index is 11.9. The predicted molar refractivity (Wildman–Crippen MR) is 83.3 cm³/mol. The predicted octanol–water partition coefficient (Wildman–Crippen LogP) is 1.60. The Kier molecular flexibility index (Phi) is 6.00. The number of carboxylic acid groups (broad SMARTS) is 1. The van der Waals surface area contributed by atoms with E-state index in [1.807, 2.05) is 30.3 Å². The number of benzene rings is 1. The largest absolute Gasteiger partial charge is 0.465 e. The number of ether oxygens (including phenoxy) is 2. The number of rotatable bonds is 5. The number of hydrogen-bond donors (Lipinski definition) is 2. The molecule has 1 aliphatic heterocycles. The third-order valence-corrected chi connectivity index (χ3v) is 3.60. The first-order valence-electron chi connectivity index (χ1n) is 7.61. The highest BCUT2D eigenvalue weighted by molar-refractivity contribution is 5.81. The Balaban J connectivity index is 1.71. The molecule has 1 aromatic rings. The summed E-state index contributed by atoms with van der Waals surface area (Å²) in [5.41, 5.74) is 0.836. The number of likely N-dealkylation sites (tertiary alicyclic amines) is 1. The summed E-state index contributed by atoms with van der Waals surface area (Å²) >= 11 is 0. The summed E-state index contributed by atoms with van der Waals surface area (Å²) in [6.07, 6.45) is -1.80. The molecule has 0 aliphatic carbocycles. The van der Waals surface area contributed by atoms with Gasteiger partial charge < -0.3 is 24.8 Å². The van der Waals surface area contributed by atoms with Gasteiger partial charge in [-0.1, -0.05) is 30.3 Å². The molecule has 1 aromatic carbocycles. The molecule has 0 saturated carbocycles. The third kappa shape index (κ3) is 5.15. The number of carbonyl (C=O) groups is 3. The zero-order chi connectivity index (χ0) is 17.5. The minimum absolute atomic E-state index is 0.102. The van der Waals surface area contributed by atoms with E-state index < -0.39 is 30.3 Å². The molecule has 0 bridgehead atoms. The van der Waals surface area contributed by atoms with Crippen molar-refractivity contribution in [3.05, 3.63) is 35.9 Å². The van der Waals surface area contributed by atoms with Crippen LogP contribution >= 0.6 is 0 Å². The number of nitrogens with zero attached hydrogens (tertiary/aromatic N) is 1. The molecule has 1 saturated heterocycles. The van der Waals surface area contributed by atoms with Gasteiger partial charge in [0.05, 0.1) is 6.54 Å². The number of amides is 2. The molecule has 130 valence electrons. The van der Waals surface area contributed by atoms with Crippen molar-refractivity contribution >= 4 is 18.2 Å². The number of alkyl carbamates (subject to hydrolysis) is 1. The maximum absolute atomic E-state index is 11.9. The average Bonchev–Trinajstić information content (AvgIpc) is 3.02. The highest BCUT2D eigenvalue weighted by Gasteiger charge is 2.30. The molecule has 2 atom stereocenters. The van der Waals surface area contributed by atoms with E-state index in [0.717, 1.165) is 5.56 Å². The number of carbonyl (C=O) groups excluding carboxylic acids is 2. The lowest BCUT2D eigenvalue weighted by Gasteiger charge is -2.17. The highest BCUT2D eigenvalue weighted by atomic mass is 16.6. The van der Waals surface area contributed by atoms with Crippen molar-refractivity contribution in [2.45, 2.75) is 32.1 Å². The first-order valence-corrected chi connectivity index (χ1v) is 7.61. The molecular formula is C16H20N2O6. The van der Waals surface area contributed by atoms with Crippen LogP contribution in [0, 0.1) is 0 Å². The molecule has 2 N–H and O–H groups in total. The van der Waals surface area contributed by atoms with Gasteiger partial charge in [0.25, 0.3) is 0 Å². The molecule has 1 heterocycles. The summed E-state index contributed by atoms with van der Waals surface area (Å²) < 4.78 is 10.2. The molecule has 0 unspecified atom stereocenters. The fourth-order valence-electron chi connectivity index (χ4n) is 2.26. The van der Waals surface area contributed by atoms with Crippen molar-refractivity contribution in [2.24, 2.45) is 0 Å². The minimum atomic E-state index is -1.04. The van der Waals surface area contributed by atoms with E-state index in [4.69, 9.17) is 14.6 Å². The van der Waals surface area contributed by atoms with E-state index in [1.54, 1.807) is 0 Å². The molecule has 0 aromatic heterocycles. The second-order valence-electron chi connectivity index (χ2n) is 5.50. The lowest BCUT2D eigenvalue weighted by atomic mass is 10.2. The van der Waals surface area contributed by atoms with E-state index in [2.05, 4.69) is 5.32 Å². The van der Waals surface area contributed by atoms with Crippen molar-refractivity contribution in [3.8, 4) is 0 Å². The van der Waals surface area contributed by atoms with Crippen LogP contribution in [-0.4, -0.2) is 53.4 Å². The van der Waals surface area contributed by atoms with Crippen LogP contribution in [0.1, 0.15) is 18.9 Å². The van der Waals surface area contributed by atoms with Crippen LogP contribution in [0.15, 0.2) is 30.3 Å². The Morgan fingerprint density at radius 3 is 2.67 bits per heavy atom. The maximum Gasteiger partial charge on any atom is 0.408 e. The van der Waals surface area contributed by atoms with Crippen molar-refractivity contribution in [1.82, 2.24) is 10.2 Å². The Morgan fingerprint density at radius 1 is 1.33 bits per heavy atom. The lowest BCUT2D eigenvalue weighted by molar-refractivity contribution is -0.150. The van der Waals surface area contributed by atoms with Crippen LogP contribution in [0.25, 0.3) is 0 Å². The summed E-state index contributed by atoms with van der Waals surface area (Å²) in [6.45, 7) is 2.06. The quantitative estimate of drug-likeness (QED) is 0.791. The topological polar surface area (TPSA) is 105 Å². The summed E-state index contributed by atoms with van der Waals surface area (Å²) in [7, 11) is 0. The first kappa shape index (κ1) is 17.6. The summed E-state index contributed by atoms with van der Waals surface area (Å²) in [6, 6.07) is 8.28. The Morgan fingerprint density at radius 2 is 2.04 bits per heavy atom. The first-order chi connectivity index (χ1) is 11.5. The molecule has 0 spiro atoms. The second-order valence-corrected chi connectivity index (χ2v) is 5.50. The van der Waals surface area contributed by atoms with Crippen LogP contribution in [0.5, 0.6) is 0 Å². The van der Waals surface area contributed by atoms with Gasteiger partial charge in [0.2, 0.25) is 0 Å². The van der Waals surface area contributed by atoms with Crippen LogP contribution in [-0.2, 0) is 20.9 Å². The van der Waals surface area contributed by atoms with Gasteiger partial charge in [-0.15, -0.1) is 0 Å². The van der Waals surface area contributed by atoms with Crippen molar-refractivity contribution in [2.75, 3.05) is 13.1 Å². The molecule has 2 amide bonds. The van der Waals surface area contributed by atoms with E-state index in [-0.39, 0.29) is 13.2 Å². The SMILES string of the molecule is C[C@H](NC(=O)OCc1ccccc1)C(=O)O[C@@H]1CCN(C(=O)O)C1. The normalized spacial score (nSPS) is 17.9. The second kappa shape index (κ2) is 8.19. The van der Waals surface area contributed by atoms with E-state index in [0.29, 0.717) is 13.0 Å². The fraction of sp³-hybridized carbons (Fsp3) is 0.438. The van der Waals surface area contributed by atoms with E-state index >= 15 is 0 Å². The van der Waals surface area contributed by atoms with Crippen molar-refractivity contribution in [1.29, 1.82) is 0 Å². The molecular weight excluding hydrogens is 316 g/mol. The number of nitrogens with one attached hydrogen (secondary N) is 1. The van der Waals surface area contributed by atoms with E-state index in [9.17, 15) is 14.4 Å². The standard InChI is InChI=1S/C16H20N2O6/c1-11(14(19)24-13-7-8-18(9-13)16(21)22)17-15(20)23-10-12-5-3-2-4-6-12/h2-6,11,13H,7-10H2,1H3,(H,17,20)(H,21,22)/t11-,13+/m0/s1. The van der Waals surface area contributed by atoms with Gasteiger partial charge in [-0.05, 0) is 12.5 Å². The average molecular weight is 336 g/mol. The molecule has 2 rings (SSSR count). The lowest BCUT2D eigenvalue weighted by Crippen LogP contribution is -2.41. The van der Waals surface area contributed by atoms with Crippen LogP contribution in [0.2, 0.25) is 0 Å². The molecule has 1 fully saturated rings. The number of esters is 1. The van der Waals surface area contributed by atoms with Gasteiger partial charge in [-0.25, -0.2) is 14.4 Å². The van der Waals surface area contributed by atoms with Gasteiger partial charge in [0.1, 0.15) is 18.8 Å². The molecule has 8 nitrogen and oxygen atoms in total. The van der Waals surface area contributed by atoms with Gasteiger partial charge in [0.15, 0.2) is 0 Å². The smallest absolute Gasteiger partial charge is 0.408 e. The zero-order valence-corrected chi connectivity index (χ0v) is 13.3. The fourth-order valence-corrected chi connectivity index (χ4v) is 2.26. The molecule has 8 heteroatoms. The Bertz CT molecular complexity index is 591. The highest BCUT2D eigenvalue weighted by Crippen LogP contribution is 2.13. The molecule has 0 radical (unpaired) electrons.